The topological polar surface area (TPSA) is 87.0 Å². The first kappa shape index (κ1) is 12.0. The number of piperidine rings is 1. The van der Waals surface area contributed by atoms with Crippen molar-refractivity contribution in [3.05, 3.63) is 24.4 Å². The number of hydrogen-bond donors (Lipinski definition) is 3. The molecule has 2 amide bonds. The molecule has 1 aliphatic heterocycles. The van der Waals surface area contributed by atoms with E-state index in [4.69, 9.17) is 5.73 Å². The zero-order valence-electron chi connectivity index (χ0n) is 10.6. The minimum absolute atomic E-state index is 0.0852. The van der Waals surface area contributed by atoms with Crippen LogP contribution in [0.1, 0.15) is 12.8 Å². The van der Waals surface area contributed by atoms with Gasteiger partial charge in [0.25, 0.3) is 0 Å². The van der Waals surface area contributed by atoms with Gasteiger partial charge in [0, 0.05) is 30.2 Å². The van der Waals surface area contributed by atoms with E-state index in [9.17, 15) is 4.79 Å². The molecular weight excluding hydrogens is 242 g/mol. The molecule has 4 N–H and O–H groups in total. The number of H-pyrrole nitrogens is 1. The lowest BCUT2D eigenvalue weighted by Gasteiger charge is -2.30. The van der Waals surface area contributed by atoms with Crippen molar-refractivity contribution in [1.29, 1.82) is 0 Å². The molecule has 1 fully saturated rings. The van der Waals surface area contributed by atoms with Gasteiger partial charge in [-0.15, -0.1) is 0 Å². The highest BCUT2D eigenvalue weighted by Gasteiger charge is 2.21. The molecule has 6 nitrogen and oxygen atoms in total. The molecule has 19 heavy (non-hydrogen) atoms. The molecule has 1 unspecified atom stereocenters. The Morgan fingerprint density at radius 1 is 1.53 bits per heavy atom. The first-order valence-corrected chi connectivity index (χ1v) is 6.47. The van der Waals surface area contributed by atoms with Crippen molar-refractivity contribution >= 4 is 22.6 Å². The molecule has 0 spiro atoms. The standard InChI is InChI=1S/C13H17N5O/c14-10-2-1-5-18(8-10)13(19)16-11-3-4-12-9(6-11)7-15-17-12/h3-4,6-7,10H,1-2,5,8,14H2,(H,15,17)(H,16,19). The number of nitrogens with two attached hydrogens (primary N) is 1. The first-order valence-electron chi connectivity index (χ1n) is 6.47. The number of anilines is 1. The number of nitrogens with zero attached hydrogens (tertiary/aromatic N) is 2. The highest BCUT2D eigenvalue weighted by atomic mass is 16.2. The third-order valence-corrected chi connectivity index (χ3v) is 3.44. The van der Waals surface area contributed by atoms with Gasteiger partial charge in [0.2, 0.25) is 0 Å². The molecule has 6 heteroatoms. The quantitative estimate of drug-likeness (QED) is 0.725. The number of rotatable bonds is 1. The Morgan fingerprint density at radius 3 is 3.26 bits per heavy atom. The predicted molar refractivity (Wildman–Crippen MR) is 73.9 cm³/mol. The van der Waals surface area contributed by atoms with Gasteiger partial charge in [0.05, 0.1) is 11.7 Å². The number of nitrogens with one attached hydrogen (secondary N) is 2. The Bertz CT molecular complexity index is 593. The zero-order chi connectivity index (χ0) is 13.2. The molecule has 1 saturated heterocycles. The molecule has 3 rings (SSSR count). The van der Waals surface area contributed by atoms with Crippen molar-refractivity contribution in [3.8, 4) is 0 Å². The molecule has 1 aliphatic rings. The van der Waals surface area contributed by atoms with Crippen molar-refractivity contribution in [1.82, 2.24) is 15.1 Å². The second kappa shape index (κ2) is 4.89. The maximum Gasteiger partial charge on any atom is 0.321 e. The van der Waals surface area contributed by atoms with Crippen LogP contribution in [0.3, 0.4) is 0 Å². The van der Waals surface area contributed by atoms with Crippen LogP contribution in [0, 0.1) is 0 Å². The number of fused-ring (bicyclic) bond motifs is 1. The Labute approximate surface area is 111 Å². The number of carbonyl (C=O) groups is 1. The molecule has 0 radical (unpaired) electrons. The van der Waals surface area contributed by atoms with Crippen LogP contribution in [0.2, 0.25) is 0 Å². The number of aromatic amines is 1. The highest BCUT2D eigenvalue weighted by Crippen LogP contribution is 2.18. The van der Waals surface area contributed by atoms with Gasteiger partial charge in [0.15, 0.2) is 0 Å². The van der Waals surface area contributed by atoms with Crippen molar-refractivity contribution in [3.63, 3.8) is 0 Å². The van der Waals surface area contributed by atoms with E-state index in [1.807, 2.05) is 18.2 Å². The molecule has 1 aromatic carbocycles. The fourth-order valence-corrected chi connectivity index (χ4v) is 2.42. The third-order valence-electron chi connectivity index (χ3n) is 3.44. The van der Waals surface area contributed by atoms with Gasteiger partial charge in [-0.2, -0.15) is 5.10 Å². The van der Waals surface area contributed by atoms with E-state index in [1.165, 1.54) is 0 Å². The minimum atomic E-state index is -0.0852. The Kier molecular flexibility index (Phi) is 3.08. The SMILES string of the molecule is NC1CCCN(C(=O)Nc2ccc3[nH]ncc3c2)C1. The lowest BCUT2D eigenvalue weighted by atomic mass is 10.1. The molecule has 100 valence electrons. The van der Waals surface area contributed by atoms with E-state index in [0.29, 0.717) is 6.54 Å². The van der Waals surface area contributed by atoms with E-state index in [-0.39, 0.29) is 12.1 Å². The van der Waals surface area contributed by atoms with Gasteiger partial charge in [-0.3, -0.25) is 5.10 Å². The second-order valence-electron chi connectivity index (χ2n) is 4.95. The Morgan fingerprint density at radius 2 is 2.42 bits per heavy atom. The highest BCUT2D eigenvalue weighted by molar-refractivity contribution is 5.92. The van der Waals surface area contributed by atoms with E-state index < -0.39 is 0 Å². The summed E-state index contributed by atoms with van der Waals surface area (Å²) in [4.78, 5) is 13.9. The number of carbonyl (C=O) groups excluding carboxylic acids is 1. The summed E-state index contributed by atoms with van der Waals surface area (Å²) in [5, 5.41) is 10.7. The predicted octanol–water partition coefficient (Wildman–Crippen LogP) is 1.52. The van der Waals surface area contributed by atoms with Crippen LogP contribution in [-0.4, -0.2) is 40.3 Å². The molecule has 0 saturated carbocycles. The summed E-state index contributed by atoms with van der Waals surface area (Å²) in [5.41, 5.74) is 7.62. The Hall–Kier alpha value is -2.08. The zero-order valence-corrected chi connectivity index (χ0v) is 10.6. The van der Waals surface area contributed by atoms with Crippen molar-refractivity contribution in [2.45, 2.75) is 18.9 Å². The number of likely N-dealkylation sites (tertiary alicyclic amines) is 1. The maximum absolute atomic E-state index is 12.1. The van der Waals surface area contributed by atoms with Gasteiger partial charge in [-0.25, -0.2) is 4.79 Å². The second-order valence-corrected chi connectivity index (χ2v) is 4.95. The summed E-state index contributed by atoms with van der Waals surface area (Å²) in [6.07, 6.45) is 3.70. The van der Waals surface area contributed by atoms with Gasteiger partial charge < -0.3 is 16.0 Å². The summed E-state index contributed by atoms with van der Waals surface area (Å²) in [6, 6.07) is 5.68. The number of hydrogen-bond acceptors (Lipinski definition) is 3. The summed E-state index contributed by atoms with van der Waals surface area (Å²) in [7, 11) is 0. The van der Waals surface area contributed by atoms with Crippen molar-refractivity contribution < 1.29 is 4.79 Å². The lowest BCUT2D eigenvalue weighted by Crippen LogP contribution is -2.47. The van der Waals surface area contributed by atoms with Crippen molar-refractivity contribution in [2.75, 3.05) is 18.4 Å². The molecule has 0 aliphatic carbocycles. The molecule has 1 atom stereocenters. The first-order chi connectivity index (χ1) is 9.22. The fraction of sp³-hybridized carbons (Fsp3) is 0.385. The van der Waals surface area contributed by atoms with Crippen LogP contribution in [0.4, 0.5) is 10.5 Å². The summed E-state index contributed by atoms with van der Waals surface area (Å²) in [6.45, 7) is 1.40. The number of urea groups is 1. The minimum Gasteiger partial charge on any atom is -0.326 e. The van der Waals surface area contributed by atoms with Crippen LogP contribution in [-0.2, 0) is 0 Å². The van der Waals surface area contributed by atoms with Gasteiger partial charge in [-0.1, -0.05) is 0 Å². The molecule has 2 aromatic rings. The fourth-order valence-electron chi connectivity index (χ4n) is 2.42. The summed E-state index contributed by atoms with van der Waals surface area (Å²) < 4.78 is 0. The van der Waals surface area contributed by atoms with E-state index in [1.54, 1.807) is 11.1 Å². The smallest absolute Gasteiger partial charge is 0.321 e. The van der Waals surface area contributed by atoms with Crippen LogP contribution in [0.5, 0.6) is 0 Å². The lowest BCUT2D eigenvalue weighted by molar-refractivity contribution is 0.193. The van der Waals surface area contributed by atoms with Gasteiger partial charge in [-0.05, 0) is 31.0 Å². The van der Waals surface area contributed by atoms with E-state index >= 15 is 0 Å². The Balaban J connectivity index is 1.71. The monoisotopic (exact) mass is 259 g/mol. The van der Waals surface area contributed by atoms with Crippen molar-refractivity contribution in [2.24, 2.45) is 5.73 Å². The molecule has 2 heterocycles. The van der Waals surface area contributed by atoms with Crippen LogP contribution in [0.25, 0.3) is 10.9 Å². The summed E-state index contributed by atoms with van der Waals surface area (Å²) >= 11 is 0. The molecule has 0 bridgehead atoms. The van der Waals surface area contributed by atoms with Crippen LogP contribution >= 0.6 is 0 Å². The maximum atomic E-state index is 12.1. The van der Waals surface area contributed by atoms with E-state index in [2.05, 4.69) is 15.5 Å². The van der Waals surface area contributed by atoms with E-state index in [0.717, 1.165) is 36.0 Å². The average Bonchev–Trinajstić information content (AvgIpc) is 2.86. The summed E-state index contributed by atoms with van der Waals surface area (Å²) in [5.74, 6) is 0. The number of benzene rings is 1. The largest absolute Gasteiger partial charge is 0.326 e. The van der Waals surface area contributed by atoms with Crippen LogP contribution in [0.15, 0.2) is 24.4 Å². The number of aromatic nitrogens is 2. The normalized spacial score (nSPS) is 19.6. The molecular formula is C13H17N5O. The van der Waals surface area contributed by atoms with Crippen LogP contribution < -0.4 is 11.1 Å². The number of amides is 2. The van der Waals surface area contributed by atoms with Gasteiger partial charge in [0.1, 0.15) is 0 Å². The third kappa shape index (κ3) is 2.53. The van der Waals surface area contributed by atoms with Gasteiger partial charge >= 0.3 is 6.03 Å². The average molecular weight is 259 g/mol. The molecule has 1 aromatic heterocycles.